The van der Waals surface area contributed by atoms with Crippen molar-refractivity contribution in [2.75, 3.05) is 7.05 Å². The van der Waals surface area contributed by atoms with Crippen molar-refractivity contribution >= 4 is 22.9 Å². The van der Waals surface area contributed by atoms with Crippen LogP contribution in [0.4, 0.5) is 0 Å². The molecule has 1 unspecified atom stereocenters. The molecule has 1 aromatic heterocycles. The number of benzene rings is 1. The van der Waals surface area contributed by atoms with Crippen molar-refractivity contribution in [2.45, 2.75) is 19.4 Å². The minimum atomic E-state index is 0.322. The molecular weight excluding hydrogens is 250 g/mol. The van der Waals surface area contributed by atoms with Crippen molar-refractivity contribution in [3.8, 4) is 0 Å². The van der Waals surface area contributed by atoms with Gasteiger partial charge in [0.15, 0.2) is 0 Å². The number of rotatable bonds is 4. The molecule has 0 saturated carbocycles. The highest BCUT2D eigenvalue weighted by atomic mass is 35.5. The van der Waals surface area contributed by atoms with Gasteiger partial charge in [-0.1, -0.05) is 17.7 Å². The van der Waals surface area contributed by atoms with E-state index in [-0.39, 0.29) is 0 Å². The van der Waals surface area contributed by atoms with Gasteiger partial charge in [0.05, 0.1) is 0 Å². The van der Waals surface area contributed by atoms with E-state index in [4.69, 9.17) is 11.6 Å². The largest absolute Gasteiger partial charge is 0.313 e. The number of aryl methyl sites for hydroxylation is 1. The molecular formula is C14H16ClNS. The summed E-state index contributed by atoms with van der Waals surface area (Å²) in [6.07, 6.45) is 1.00. The van der Waals surface area contributed by atoms with E-state index in [0.717, 1.165) is 11.4 Å². The Morgan fingerprint density at radius 2 is 2.18 bits per heavy atom. The molecule has 1 atom stereocenters. The van der Waals surface area contributed by atoms with Crippen LogP contribution in [0.5, 0.6) is 0 Å². The molecule has 0 spiro atoms. The Bertz CT molecular complexity index is 479. The summed E-state index contributed by atoms with van der Waals surface area (Å²) in [4.78, 5) is 0. The van der Waals surface area contributed by atoms with Gasteiger partial charge < -0.3 is 5.32 Å². The van der Waals surface area contributed by atoms with Crippen LogP contribution in [-0.4, -0.2) is 7.05 Å². The molecule has 0 fully saturated rings. The average molecular weight is 266 g/mol. The molecule has 0 amide bonds. The number of halogens is 1. The molecule has 0 aliphatic rings. The van der Waals surface area contributed by atoms with Crippen LogP contribution in [0.1, 0.15) is 22.7 Å². The average Bonchev–Trinajstić information content (AvgIpc) is 2.82. The lowest BCUT2D eigenvalue weighted by atomic mass is 9.97. The molecule has 0 saturated heterocycles. The summed E-state index contributed by atoms with van der Waals surface area (Å²) in [6.45, 7) is 2.13. The predicted octanol–water partition coefficient (Wildman–Crippen LogP) is 4.21. The highest BCUT2D eigenvalue weighted by molar-refractivity contribution is 7.07. The van der Waals surface area contributed by atoms with Crippen LogP contribution in [0.2, 0.25) is 5.02 Å². The Hall–Kier alpha value is -0.830. The fourth-order valence-corrected chi connectivity index (χ4v) is 2.86. The summed E-state index contributed by atoms with van der Waals surface area (Å²) in [6, 6.07) is 8.58. The third kappa shape index (κ3) is 3.09. The quantitative estimate of drug-likeness (QED) is 0.873. The summed E-state index contributed by atoms with van der Waals surface area (Å²) in [5.74, 6) is 0. The van der Waals surface area contributed by atoms with Crippen molar-refractivity contribution in [3.05, 3.63) is 56.7 Å². The number of likely N-dealkylation sites (N-methyl/N-ethyl adjacent to an activating group) is 1. The van der Waals surface area contributed by atoms with Gasteiger partial charge in [-0.25, -0.2) is 0 Å². The van der Waals surface area contributed by atoms with Gasteiger partial charge in [-0.15, -0.1) is 0 Å². The molecule has 3 heteroatoms. The zero-order valence-electron chi connectivity index (χ0n) is 10.0. The van der Waals surface area contributed by atoms with Crippen LogP contribution in [0, 0.1) is 6.92 Å². The van der Waals surface area contributed by atoms with E-state index in [2.05, 4.69) is 41.2 Å². The molecule has 1 nitrogen and oxygen atoms in total. The van der Waals surface area contributed by atoms with E-state index < -0.39 is 0 Å². The van der Waals surface area contributed by atoms with Gasteiger partial charge in [0.25, 0.3) is 0 Å². The monoisotopic (exact) mass is 265 g/mol. The maximum atomic E-state index is 6.07. The van der Waals surface area contributed by atoms with Gasteiger partial charge in [-0.05, 0) is 66.0 Å². The Morgan fingerprint density at radius 1 is 1.35 bits per heavy atom. The Kier molecular flexibility index (Phi) is 4.21. The first-order valence-electron chi connectivity index (χ1n) is 5.65. The normalized spacial score (nSPS) is 12.6. The lowest BCUT2D eigenvalue weighted by Crippen LogP contribution is -2.19. The van der Waals surface area contributed by atoms with Gasteiger partial charge in [-0.2, -0.15) is 11.3 Å². The van der Waals surface area contributed by atoms with Gasteiger partial charge in [-0.3, -0.25) is 0 Å². The first-order valence-corrected chi connectivity index (χ1v) is 6.97. The summed E-state index contributed by atoms with van der Waals surface area (Å²) in [5.41, 5.74) is 3.93. The lowest BCUT2D eigenvalue weighted by Gasteiger charge is -2.18. The van der Waals surface area contributed by atoms with E-state index in [0.29, 0.717) is 6.04 Å². The molecule has 1 aromatic carbocycles. The topological polar surface area (TPSA) is 12.0 Å². The summed E-state index contributed by atoms with van der Waals surface area (Å²) >= 11 is 7.81. The van der Waals surface area contributed by atoms with Gasteiger partial charge in [0.2, 0.25) is 0 Å². The van der Waals surface area contributed by atoms with E-state index in [9.17, 15) is 0 Å². The van der Waals surface area contributed by atoms with Gasteiger partial charge in [0.1, 0.15) is 0 Å². The van der Waals surface area contributed by atoms with E-state index in [1.165, 1.54) is 16.7 Å². The van der Waals surface area contributed by atoms with E-state index in [1.54, 1.807) is 11.3 Å². The zero-order valence-corrected chi connectivity index (χ0v) is 11.6. The molecule has 0 bridgehead atoms. The molecule has 0 aliphatic heterocycles. The molecule has 0 aliphatic carbocycles. The van der Waals surface area contributed by atoms with Crippen LogP contribution in [0.25, 0.3) is 0 Å². The Labute approximate surface area is 111 Å². The highest BCUT2D eigenvalue weighted by Gasteiger charge is 2.13. The molecule has 17 heavy (non-hydrogen) atoms. The second-order valence-corrected chi connectivity index (χ2v) is 5.39. The zero-order chi connectivity index (χ0) is 12.3. The second kappa shape index (κ2) is 5.67. The maximum Gasteiger partial charge on any atom is 0.0409 e. The molecule has 2 rings (SSSR count). The second-order valence-electron chi connectivity index (χ2n) is 4.18. The van der Waals surface area contributed by atoms with Crippen molar-refractivity contribution in [2.24, 2.45) is 0 Å². The fourth-order valence-electron chi connectivity index (χ4n) is 2.00. The smallest absolute Gasteiger partial charge is 0.0409 e. The number of hydrogen-bond acceptors (Lipinski definition) is 2. The third-order valence-electron chi connectivity index (χ3n) is 2.99. The summed E-state index contributed by atoms with van der Waals surface area (Å²) in [5, 5.41) is 8.49. The standard InChI is InChI=1S/C14H16ClNS/c1-10-3-4-12(15)8-13(10)14(16-2)7-11-5-6-17-9-11/h3-6,8-9,14,16H,7H2,1-2H3. The third-order valence-corrected chi connectivity index (χ3v) is 3.95. The van der Waals surface area contributed by atoms with E-state index >= 15 is 0 Å². The maximum absolute atomic E-state index is 6.07. The molecule has 1 N–H and O–H groups in total. The van der Waals surface area contributed by atoms with Crippen LogP contribution in [-0.2, 0) is 6.42 Å². The van der Waals surface area contributed by atoms with Crippen LogP contribution >= 0.6 is 22.9 Å². The molecule has 90 valence electrons. The van der Waals surface area contributed by atoms with Crippen molar-refractivity contribution in [1.29, 1.82) is 0 Å². The predicted molar refractivity (Wildman–Crippen MR) is 76.0 cm³/mol. The highest BCUT2D eigenvalue weighted by Crippen LogP contribution is 2.25. The van der Waals surface area contributed by atoms with E-state index in [1.807, 2.05) is 13.1 Å². The van der Waals surface area contributed by atoms with Crippen LogP contribution in [0.3, 0.4) is 0 Å². The van der Waals surface area contributed by atoms with Crippen LogP contribution in [0.15, 0.2) is 35.0 Å². The van der Waals surface area contributed by atoms with Crippen molar-refractivity contribution in [1.82, 2.24) is 5.32 Å². The lowest BCUT2D eigenvalue weighted by molar-refractivity contribution is 0.590. The fraction of sp³-hybridized carbons (Fsp3) is 0.286. The molecule has 0 radical (unpaired) electrons. The van der Waals surface area contributed by atoms with Gasteiger partial charge in [0, 0.05) is 11.1 Å². The number of hydrogen-bond donors (Lipinski definition) is 1. The minimum absolute atomic E-state index is 0.322. The Morgan fingerprint density at radius 3 is 2.82 bits per heavy atom. The number of thiophene rings is 1. The van der Waals surface area contributed by atoms with Crippen molar-refractivity contribution < 1.29 is 0 Å². The SMILES string of the molecule is CNC(Cc1ccsc1)c1cc(Cl)ccc1C. The molecule has 1 heterocycles. The summed E-state index contributed by atoms with van der Waals surface area (Å²) < 4.78 is 0. The number of nitrogens with one attached hydrogen (secondary N) is 1. The summed E-state index contributed by atoms with van der Waals surface area (Å²) in [7, 11) is 2.00. The minimum Gasteiger partial charge on any atom is -0.313 e. The Balaban J connectivity index is 2.25. The molecule has 2 aromatic rings. The van der Waals surface area contributed by atoms with Crippen LogP contribution < -0.4 is 5.32 Å². The first-order chi connectivity index (χ1) is 8.20. The van der Waals surface area contributed by atoms with Gasteiger partial charge >= 0.3 is 0 Å². The van der Waals surface area contributed by atoms with Crippen molar-refractivity contribution in [3.63, 3.8) is 0 Å². The first kappa shape index (κ1) is 12.6.